The van der Waals surface area contributed by atoms with E-state index >= 15 is 0 Å². The maximum atomic E-state index is 5.79. The molecule has 86 valence electrons. The van der Waals surface area contributed by atoms with Gasteiger partial charge in [0.05, 0.1) is 11.4 Å². The van der Waals surface area contributed by atoms with E-state index in [2.05, 4.69) is 0 Å². The van der Waals surface area contributed by atoms with Crippen LogP contribution in [0.1, 0.15) is 0 Å². The monoisotopic (exact) mass is 218 g/mol. The molecule has 0 fully saturated rings. The molecule has 0 heterocycles. The maximum absolute atomic E-state index is 5.79. The topological polar surface area (TPSA) is 104 Å². The van der Waals surface area contributed by atoms with Gasteiger partial charge in [0.15, 0.2) is 0 Å². The Kier molecular flexibility index (Phi) is 4.57. The third-order valence-corrected chi connectivity index (χ3v) is 2.17. The predicted octanol–water partition coefficient (Wildman–Crippen LogP) is 0.908. The summed E-state index contributed by atoms with van der Waals surface area (Å²) in [5, 5.41) is 2.15. The van der Waals surface area contributed by atoms with Crippen LogP contribution in [-0.2, 0) is 0 Å². The molecule has 8 N–H and O–H groups in total. The number of fused-ring (bicyclic) bond motifs is 1. The Morgan fingerprint density at radius 2 is 1.44 bits per heavy atom. The first-order chi connectivity index (χ1) is 7.70. The molecule has 2 rings (SSSR count). The fraction of sp³-hybridized carbons (Fsp3) is 0.167. The quantitative estimate of drug-likeness (QED) is 0.534. The largest absolute Gasteiger partial charge is 0.397 e. The second-order valence-electron chi connectivity index (χ2n) is 3.37. The molecule has 0 bridgehead atoms. The zero-order valence-corrected chi connectivity index (χ0v) is 9.19. The highest BCUT2D eigenvalue weighted by Gasteiger charge is 1.98. The molecule has 0 saturated carbocycles. The van der Waals surface area contributed by atoms with Gasteiger partial charge in [0.2, 0.25) is 0 Å². The van der Waals surface area contributed by atoms with Crippen LogP contribution in [0.3, 0.4) is 0 Å². The van der Waals surface area contributed by atoms with Gasteiger partial charge in [0.1, 0.15) is 0 Å². The van der Waals surface area contributed by atoms with Gasteiger partial charge in [-0.1, -0.05) is 30.3 Å². The first kappa shape index (κ1) is 12.3. The Hall–Kier alpha value is -1.78. The zero-order valence-electron chi connectivity index (χ0n) is 9.19. The second-order valence-corrected chi connectivity index (χ2v) is 3.37. The maximum Gasteiger partial charge on any atom is 0.0627 e. The fourth-order valence-corrected chi connectivity index (χ4v) is 1.31. The van der Waals surface area contributed by atoms with Gasteiger partial charge in [-0.25, -0.2) is 0 Å². The zero-order chi connectivity index (χ0) is 12.0. The van der Waals surface area contributed by atoms with Crippen molar-refractivity contribution < 1.29 is 0 Å². The van der Waals surface area contributed by atoms with E-state index in [4.69, 9.17) is 22.9 Å². The summed E-state index contributed by atoms with van der Waals surface area (Å²) in [5.41, 5.74) is 22.6. The highest BCUT2D eigenvalue weighted by Crippen LogP contribution is 2.25. The van der Waals surface area contributed by atoms with E-state index in [1.807, 2.05) is 36.4 Å². The summed E-state index contributed by atoms with van der Waals surface area (Å²) in [5.74, 6) is 0. The molecule has 0 aliphatic carbocycles. The molecule has 0 aliphatic heterocycles. The average molecular weight is 218 g/mol. The third-order valence-electron chi connectivity index (χ3n) is 2.17. The fourth-order valence-electron chi connectivity index (χ4n) is 1.31. The molecule has 0 amide bonds. The van der Waals surface area contributed by atoms with Crippen molar-refractivity contribution >= 4 is 22.1 Å². The second kappa shape index (κ2) is 5.95. The Morgan fingerprint density at radius 3 is 2.06 bits per heavy atom. The van der Waals surface area contributed by atoms with Gasteiger partial charge in [-0.2, -0.15) is 0 Å². The SMILES string of the molecule is NCCN.Nc1ccc2ccccc2c1N. The standard InChI is InChI=1S/C10H10N2.C2H8N2/c11-9-6-5-7-3-1-2-4-8(7)10(9)12;3-1-2-4/h1-6H,11-12H2;1-4H2. The van der Waals surface area contributed by atoms with Gasteiger partial charge < -0.3 is 22.9 Å². The number of benzene rings is 2. The molecule has 0 unspecified atom stereocenters. The molecule has 4 heteroatoms. The first-order valence-corrected chi connectivity index (χ1v) is 5.13. The Bertz CT molecular complexity index is 452. The molecule has 0 saturated heterocycles. The van der Waals surface area contributed by atoms with E-state index in [1.165, 1.54) is 0 Å². The average Bonchev–Trinajstić information content (AvgIpc) is 2.35. The van der Waals surface area contributed by atoms with Crippen molar-refractivity contribution in [3.63, 3.8) is 0 Å². The van der Waals surface area contributed by atoms with Gasteiger partial charge in [0.25, 0.3) is 0 Å². The van der Waals surface area contributed by atoms with Crippen LogP contribution in [0.2, 0.25) is 0 Å². The number of anilines is 2. The van der Waals surface area contributed by atoms with Crippen LogP contribution >= 0.6 is 0 Å². The van der Waals surface area contributed by atoms with Crippen LogP contribution in [-0.4, -0.2) is 13.1 Å². The lowest BCUT2D eigenvalue weighted by Gasteiger charge is -2.03. The summed E-state index contributed by atoms with van der Waals surface area (Å²) in [4.78, 5) is 0. The molecule has 2 aromatic carbocycles. The number of hydrogen-bond acceptors (Lipinski definition) is 4. The summed E-state index contributed by atoms with van der Waals surface area (Å²) in [6, 6.07) is 11.7. The Balaban J connectivity index is 0.000000280. The van der Waals surface area contributed by atoms with Crippen molar-refractivity contribution in [1.82, 2.24) is 0 Å². The van der Waals surface area contributed by atoms with Gasteiger partial charge in [-0.3, -0.25) is 0 Å². The third kappa shape index (κ3) is 2.85. The number of nitrogen functional groups attached to an aromatic ring is 2. The van der Waals surface area contributed by atoms with Crippen molar-refractivity contribution in [2.24, 2.45) is 11.5 Å². The molecule has 0 atom stereocenters. The summed E-state index contributed by atoms with van der Waals surface area (Å²) in [6.45, 7) is 1.19. The smallest absolute Gasteiger partial charge is 0.0627 e. The molecule has 0 aliphatic rings. The van der Waals surface area contributed by atoms with Crippen molar-refractivity contribution in [1.29, 1.82) is 0 Å². The first-order valence-electron chi connectivity index (χ1n) is 5.13. The molecule has 0 radical (unpaired) electrons. The Labute approximate surface area is 95.2 Å². The number of rotatable bonds is 1. The predicted molar refractivity (Wildman–Crippen MR) is 70.9 cm³/mol. The van der Waals surface area contributed by atoms with Crippen molar-refractivity contribution in [2.45, 2.75) is 0 Å². The van der Waals surface area contributed by atoms with Crippen LogP contribution in [0.4, 0.5) is 11.4 Å². The highest BCUT2D eigenvalue weighted by atomic mass is 14.7. The minimum atomic E-state index is 0.597. The van der Waals surface area contributed by atoms with Gasteiger partial charge in [-0.15, -0.1) is 0 Å². The van der Waals surface area contributed by atoms with Crippen molar-refractivity contribution in [3.05, 3.63) is 36.4 Å². The molecule has 2 aromatic rings. The highest BCUT2D eigenvalue weighted by molar-refractivity contribution is 5.98. The summed E-state index contributed by atoms with van der Waals surface area (Å²) in [7, 11) is 0. The lowest BCUT2D eigenvalue weighted by atomic mass is 10.1. The summed E-state index contributed by atoms with van der Waals surface area (Å²) >= 11 is 0. The molecular weight excluding hydrogens is 200 g/mol. The van der Waals surface area contributed by atoms with E-state index in [1.54, 1.807) is 0 Å². The molecular formula is C12H18N4. The van der Waals surface area contributed by atoms with E-state index in [-0.39, 0.29) is 0 Å². The lowest BCUT2D eigenvalue weighted by Crippen LogP contribution is -2.11. The number of nitrogens with two attached hydrogens (primary N) is 4. The number of hydrogen-bond donors (Lipinski definition) is 4. The molecule has 0 aromatic heterocycles. The minimum Gasteiger partial charge on any atom is -0.397 e. The van der Waals surface area contributed by atoms with Gasteiger partial charge in [-0.05, 0) is 11.5 Å². The van der Waals surface area contributed by atoms with Crippen LogP contribution in [0, 0.1) is 0 Å². The minimum absolute atomic E-state index is 0.597. The van der Waals surface area contributed by atoms with Crippen LogP contribution in [0.5, 0.6) is 0 Å². The van der Waals surface area contributed by atoms with Gasteiger partial charge in [0, 0.05) is 18.5 Å². The van der Waals surface area contributed by atoms with Crippen LogP contribution < -0.4 is 22.9 Å². The van der Waals surface area contributed by atoms with Crippen molar-refractivity contribution in [2.75, 3.05) is 24.6 Å². The van der Waals surface area contributed by atoms with E-state index in [0.717, 1.165) is 10.8 Å². The molecule has 16 heavy (non-hydrogen) atoms. The molecule has 4 nitrogen and oxygen atoms in total. The van der Waals surface area contributed by atoms with E-state index in [0.29, 0.717) is 24.5 Å². The normalized spacial score (nSPS) is 9.62. The molecule has 0 spiro atoms. The van der Waals surface area contributed by atoms with E-state index < -0.39 is 0 Å². The van der Waals surface area contributed by atoms with Crippen molar-refractivity contribution in [3.8, 4) is 0 Å². The van der Waals surface area contributed by atoms with Crippen LogP contribution in [0.25, 0.3) is 10.8 Å². The summed E-state index contributed by atoms with van der Waals surface area (Å²) < 4.78 is 0. The lowest BCUT2D eigenvalue weighted by molar-refractivity contribution is 0.976. The van der Waals surface area contributed by atoms with Gasteiger partial charge >= 0.3 is 0 Å². The van der Waals surface area contributed by atoms with E-state index in [9.17, 15) is 0 Å². The van der Waals surface area contributed by atoms with Crippen LogP contribution in [0.15, 0.2) is 36.4 Å². The Morgan fingerprint density at radius 1 is 0.812 bits per heavy atom. The summed E-state index contributed by atoms with van der Waals surface area (Å²) in [6.07, 6.45) is 0.